The van der Waals surface area contributed by atoms with Crippen LogP contribution >= 0.6 is 0 Å². The van der Waals surface area contributed by atoms with Crippen LogP contribution in [0.15, 0.2) is 0 Å². The van der Waals surface area contributed by atoms with Crippen LogP contribution in [0.5, 0.6) is 0 Å². The van der Waals surface area contributed by atoms with Crippen molar-refractivity contribution in [1.82, 2.24) is 0 Å². The Labute approximate surface area is 105 Å². The van der Waals surface area contributed by atoms with E-state index in [0.29, 0.717) is 0 Å². The zero-order chi connectivity index (χ0) is 13.9. The van der Waals surface area contributed by atoms with Gasteiger partial charge < -0.3 is 5.73 Å². The number of sulfone groups is 1. The van der Waals surface area contributed by atoms with E-state index in [1.165, 1.54) is 0 Å². The van der Waals surface area contributed by atoms with E-state index in [2.05, 4.69) is 0 Å². The summed E-state index contributed by atoms with van der Waals surface area (Å²) in [5.41, 5.74) is 5.51. The van der Waals surface area contributed by atoms with Crippen LogP contribution in [0.25, 0.3) is 0 Å². The molecule has 2 atom stereocenters. The van der Waals surface area contributed by atoms with E-state index in [1.54, 1.807) is 20.8 Å². The smallest absolute Gasteiger partial charge is 0.155 e. The molecule has 0 aliphatic heterocycles. The van der Waals surface area contributed by atoms with Crippen molar-refractivity contribution in [3.05, 3.63) is 0 Å². The highest BCUT2D eigenvalue weighted by molar-refractivity contribution is 7.92. The van der Waals surface area contributed by atoms with Gasteiger partial charge in [0.05, 0.1) is 10.5 Å². The van der Waals surface area contributed by atoms with Gasteiger partial charge in [-0.15, -0.1) is 0 Å². The van der Waals surface area contributed by atoms with Gasteiger partial charge in [-0.3, -0.25) is 0 Å². The zero-order valence-electron chi connectivity index (χ0n) is 11.5. The number of nitrogens with two attached hydrogens (primary N) is 1. The van der Waals surface area contributed by atoms with Crippen LogP contribution in [0.1, 0.15) is 41.0 Å². The van der Waals surface area contributed by atoms with Crippen LogP contribution in [0, 0.1) is 11.8 Å². The molecule has 0 radical (unpaired) electrons. The number of alkyl halides is 1. The monoisotopic (exact) mass is 267 g/mol. The molecule has 0 amide bonds. The molecule has 5 heteroatoms. The molecule has 3 nitrogen and oxygen atoms in total. The van der Waals surface area contributed by atoms with Gasteiger partial charge in [0.15, 0.2) is 9.84 Å². The largest absolute Gasteiger partial charge is 0.330 e. The molecule has 0 aromatic heterocycles. The summed E-state index contributed by atoms with van der Waals surface area (Å²) in [7, 11) is -3.24. The molecule has 0 spiro atoms. The molecule has 0 aliphatic carbocycles. The maximum absolute atomic E-state index is 13.9. The normalized spacial score (nSPS) is 17.2. The van der Waals surface area contributed by atoms with Gasteiger partial charge in [-0.25, -0.2) is 12.8 Å². The molecular weight excluding hydrogens is 241 g/mol. The fourth-order valence-corrected chi connectivity index (χ4v) is 2.77. The highest BCUT2D eigenvalue weighted by Crippen LogP contribution is 2.23. The molecule has 17 heavy (non-hydrogen) atoms. The summed E-state index contributed by atoms with van der Waals surface area (Å²) in [5.74, 6) is -0.238. The Morgan fingerprint density at radius 1 is 1.24 bits per heavy atom. The van der Waals surface area contributed by atoms with E-state index in [4.69, 9.17) is 5.73 Å². The molecule has 0 aromatic carbocycles. The number of hydrogen-bond donors (Lipinski definition) is 1. The Balaban J connectivity index is 4.49. The second-order valence-electron chi connectivity index (χ2n) is 5.88. The molecule has 0 aliphatic rings. The molecule has 0 saturated carbocycles. The van der Waals surface area contributed by atoms with E-state index < -0.39 is 20.8 Å². The molecule has 0 heterocycles. The average Bonchev–Trinajstić information content (AvgIpc) is 2.13. The SMILES string of the molecule is CC(C)C(CN)C(F)CCS(=O)(=O)C(C)(C)C. The third-order valence-electron chi connectivity index (χ3n) is 3.19. The van der Waals surface area contributed by atoms with E-state index in [9.17, 15) is 12.8 Å². The Hall–Kier alpha value is -0.160. The lowest BCUT2D eigenvalue weighted by Gasteiger charge is -2.25. The first-order chi connectivity index (χ1) is 7.53. The Kier molecular flexibility index (Phi) is 6.08. The molecule has 0 bridgehead atoms. The topological polar surface area (TPSA) is 60.2 Å². The summed E-state index contributed by atoms with van der Waals surface area (Å²) in [6.07, 6.45) is -1.10. The number of hydrogen-bond acceptors (Lipinski definition) is 3. The molecule has 104 valence electrons. The summed E-state index contributed by atoms with van der Waals surface area (Å²) in [5, 5.41) is 0. The van der Waals surface area contributed by atoms with Crippen LogP contribution in [-0.4, -0.2) is 31.6 Å². The van der Waals surface area contributed by atoms with Crippen LogP contribution in [-0.2, 0) is 9.84 Å². The van der Waals surface area contributed by atoms with Crippen LogP contribution in [0.4, 0.5) is 4.39 Å². The maximum atomic E-state index is 13.9. The third kappa shape index (κ3) is 4.92. The first kappa shape index (κ1) is 16.8. The molecule has 2 N–H and O–H groups in total. The lowest BCUT2D eigenvalue weighted by atomic mass is 9.90. The van der Waals surface area contributed by atoms with E-state index in [0.717, 1.165) is 0 Å². The van der Waals surface area contributed by atoms with Gasteiger partial charge in [0.1, 0.15) is 6.17 Å². The lowest BCUT2D eigenvalue weighted by Crippen LogP contribution is -2.34. The Bertz CT molecular complexity index is 320. The van der Waals surface area contributed by atoms with Gasteiger partial charge >= 0.3 is 0 Å². The fraction of sp³-hybridized carbons (Fsp3) is 1.00. The standard InChI is InChI=1S/C12H26FNO2S/c1-9(2)10(8-14)11(13)6-7-17(15,16)12(3,4)5/h9-11H,6-8,14H2,1-5H3. The molecule has 0 saturated heterocycles. The van der Waals surface area contributed by atoms with Crippen molar-refractivity contribution in [3.63, 3.8) is 0 Å². The van der Waals surface area contributed by atoms with Gasteiger partial charge in [0.25, 0.3) is 0 Å². The van der Waals surface area contributed by atoms with Gasteiger partial charge in [-0.1, -0.05) is 13.8 Å². The summed E-state index contributed by atoms with van der Waals surface area (Å²) < 4.78 is 36.8. The summed E-state index contributed by atoms with van der Waals surface area (Å²) >= 11 is 0. The van der Waals surface area contributed by atoms with Crippen molar-refractivity contribution in [3.8, 4) is 0 Å². The van der Waals surface area contributed by atoms with E-state index >= 15 is 0 Å². The van der Waals surface area contributed by atoms with Crippen molar-refractivity contribution >= 4 is 9.84 Å². The first-order valence-electron chi connectivity index (χ1n) is 6.09. The molecular formula is C12H26FNO2S. The van der Waals surface area contributed by atoms with Crippen LogP contribution in [0.2, 0.25) is 0 Å². The highest BCUT2D eigenvalue weighted by atomic mass is 32.2. The summed E-state index contributed by atoms with van der Waals surface area (Å²) in [4.78, 5) is 0. The fourth-order valence-electron chi connectivity index (χ4n) is 1.63. The Morgan fingerprint density at radius 2 is 1.71 bits per heavy atom. The van der Waals surface area contributed by atoms with Crippen molar-refractivity contribution < 1.29 is 12.8 Å². The van der Waals surface area contributed by atoms with Crippen LogP contribution < -0.4 is 5.73 Å². The predicted octanol–water partition coefficient (Wildman–Crippen LogP) is 2.16. The van der Waals surface area contributed by atoms with Gasteiger partial charge in [0, 0.05) is 5.92 Å². The second-order valence-corrected chi connectivity index (χ2v) is 8.74. The predicted molar refractivity (Wildman–Crippen MR) is 70.4 cm³/mol. The summed E-state index contributed by atoms with van der Waals surface area (Å²) in [6, 6.07) is 0. The van der Waals surface area contributed by atoms with Crippen molar-refractivity contribution in [1.29, 1.82) is 0 Å². The minimum atomic E-state index is -3.24. The summed E-state index contributed by atoms with van der Waals surface area (Å²) in [6.45, 7) is 8.98. The van der Waals surface area contributed by atoms with E-state index in [-0.39, 0.29) is 30.6 Å². The third-order valence-corrected chi connectivity index (χ3v) is 5.83. The lowest BCUT2D eigenvalue weighted by molar-refractivity contribution is 0.181. The number of halogens is 1. The van der Waals surface area contributed by atoms with Crippen molar-refractivity contribution in [2.45, 2.75) is 52.0 Å². The van der Waals surface area contributed by atoms with Gasteiger partial charge in [0.2, 0.25) is 0 Å². The molecule has 0 fully saturated rings. The Morgan fingerprint density at radius 3 is 2.00 bits per heavy atom. The first-order valence-corrected chi connectivity index (χ1v) is 7.74. The quantitative estimate of drug-likeness (QED) is 0.802. The minimum absolute atomic E-state index is 0.0413. The minimum Gasteiger partial charge on any atom is -0.330 e. The zero-order valence-corrected chi connectivity index (χ0v) is 12.3. The van der Waals surface area contributed by atoms with Gasteiger partial charge in [-0.2, -0.15) is 0 Å². The van der Waals surface area contributed by atoms with Gasteiger partial charge in [-0.05, 0) is 39.7 Å². The van der Waals surface area contributed by atoms with E-state index in [1.807, 2.05) is 13.8 Å². The maximum Gasteiger partial charge on any atom is 0.155 e. The number of rotatable bonds is 6. The molecule has 0 rings (SSSR count). The highest BCUT2D eigenvalue weighted by Gasteiger charge is 2.31. The second kappa shape index (κ2) is 6.14. The van der Waals surface area contributed by atoms with Crippen LogP contribution in [0.3, 0.4) is 0 Å². The van der Waals surface area contributed by atoms with Crippen molar-refractivity contribution in [2.75, 3.05) is 12.3 Å². The van der Waals surface area contributed by atoms with Crippen molar-refractivity contribution in [2.24, 2.45) is 17.6 Å². The molecule has 2 unspecified atom stereocenters. The molecule has 0 aromatic rings. The average molecular weight is 267 g/mol.